The molecule has 1 atom stereocenters. The van der Waals surface area contributed by atoms with Crippen LogP contribution in [0.15, 0.2) is 29.9 Å². The minimum Gasteiger partial charge on any atom is -0.374 e. The van der Waals surface area contributed by atoms with Gasteiger partial charge in [0.15, 0.2) is 0 Å². The highest BCUT2D eigenvalue weighted by molar-refractivity contribution is 7.09. The van der Waals surface area contributed by atoms with Gasteiger partial charge in [0.1, 0.15) is 12.1 Å². The van der Waals surface area contributed by atoms with E-state index < -0.39 is 0 Å². The van der Waals surface area contributed by atoms with Crippen molar-refractivity contribution in [2.45, 2.75) is 12.6 Å². The monoisotopic (exact) mass is 383 g/mol. The molecule has 3 rings (SSSR count). The number of hydrogen-bond acceptors (Lipinski definition) is 6. The normalized spacial score (nSPS) is 16.8. The number of aromatic nitrogens is 1. The van der Waals surface area contributed by atoms with Crippen molar-refractivity contribution < 1.29 is 13.9 Å². The van der Waals surface area contributed by atoms with E-state index in [1.54, 1.807) is 17.8 Å². The van der Waals surface area contributed by atoms with Gasteiger partial charge < -0.3 is 14.4 Å². The van der Waals surface area contributed by atoms with Gasteiger partial charge in [-0.3, -0.25) is 9.88 Å². The third kappa shape index (κ3) is 4.76. The van der Waals surface area contributed by atoms with Crippen LogP contribution in [-0.4, -0.2) is 55.0 Å². The molecule has 1 aromatic heterocycles. The molecule has 0 radical (unpaired) electrons. The highest BCUT2D eigenvalue weighted by Crippen LogP contribution is 2.27. The summed E-state index contributed by atoms with van der Waals surface area (Å²) in [6.07, 6.45) is 2.71. The molecule has 0 aliphatic carbocycles. The first-order valence-electron chi connectivity index (χ1n) is 8.02. The van der Waals surface area contributed by atoms with Crippen LogP contribution in [0.25, 0.3) is 0 Å². The van der Waals surface area contributed by atoms with Crippen molar-refractivity contribution in [3.05, 3.63) is 45.6 Å². The van der Waals surface area contributed by atoms with Crippen molar-refractivity contribution in [1.82, 2.24) is 9.88 Å². The van der Waals surface area contributed by atoms with Gasteiger partial charge in [0.05, 0.1) is 40.4 Å². The number of nitrogens with zero attached hydrogens (tertiary/aromatic N) is 3. The Hall–Kier alpha value is -1.54. The van der Waals surface area contributed by atoms with Gasteiger partial charge >= 0.3 is 0 Å². The molecule has 1 aliphatic heterocycles. The summed E-state index contributed by atoms with van der Waals surface area (Å²) in [5, 5.41) is 0.410. The number of halogens is 2. The molecular weight excluding hydrogens is 365 g/mol. The molecule has 5 nitrogen and oxygen atoms in total. The summed E-state index contributed by atoms with van der Waals surface area (Å²) in [5.41, 5.74) is 2.59. The number of carbonyl (C=O) groups is 1. The Balaban J connectivity index is 1.50. The molecule has 1 saturated heterocycles. The maximum atomic E-state index is 13.2. The van der Waals surface area contributed by atoms with E-state index in [1.165, 1.54) is 23.5 Å². The van der Waals surface area contributed by atoms with E-state index in [0.29, 0.717) is 18.2 Å². The van der Waals surface area contributed by atoms with Crippen LogP contribution in [0.5, 0.6) is 0 Å². The van der Waals surface area contributed by atoms with E-state index in [2.05, 4.69) is 14.8 Å². The molecule has 0 saturated carbocycles. The van der Waals surface area contributed by atoms with E-state index in [-0.39, 0.29) is 11.9 Å². The molecule has 1 unspecified atom stereocenters. The third-order valence-corrected chi connectivity index (χ3v) is 5.26. The molecule has 1 aromatic carbocycles. The quantitative estimate of drug-likeness (QED) is 0.688. The zero-order valence-corrected chi connectivity index (χ0v) is 15.2. The minimum atomic E-state index is -0.341. The maximum Gasteiger partial charge on any atom is 0.139 e. The van der Waals surface area contributed by atoms with Gasteiger partial charge in [-0.05, 0) is 18.2 Å². The predicted molar refractivity (Wildman–Crippen MR) is 96.8 cm³/mol. The minimum absolute atomic E-state index is 0.265. The first-order chi connectivity index (χ1) is 12.2. The van der Waals surface area contributed by atoms with Crippen LogP contribution in [0.4, 0.5) is 10.1 Å². The molecule has 134 valence electrons. The van der Waals surface area contributed by atoms with Crippen LogP contribution in [0, 0.1) is 5.82 Å². The lowest BCUT2D eigenvalue weighted by atomic mass is 10.2. The van der Waals surface area contributed by atoms with Gasteiger partial charge in [-0.25, -0.2) is 4.39 Å². The van der Waals surface area contributed by atoms with E-state index in [9.17, 15) is 9.18 Å². The van der Waals surface area contributed by atoms with Gasteiger partial charge in [0.2, 0.25) is 0 Å². The standard InChI is InChI=1S/C17H19ClFN3O2S/c18-16-7-13(19)1-2-17(16)22-5-3-21(4-6-22)14(9-23)10-24-11-15-8-20-12-25-15/h1-2,7-9,12,14H,3-6,10-11H2. The summed E-state index contributed by atoms with van der Waals surface area (Å²) in [5.74, 6) is -0.341. The van der Waals surface area contributed by atoms with Gasteiger partial charge in [-0.15, -0.1) is 11.3 Å². The summed E-state index contributed by atoms with van der Waals surface area (Å²) >= 11 is 7.66. The van der Waals surface area contributed by atoms with Crippen LogP contribution in [-0.2, 0) is 16.1 Å². The second-order valence-corrected chi connectivity index (χ2v) is 7.18. The Labute approximate surface area is 155 Å². The Morgan fingerprint density at radius 2 is 2.16 bits per heavy atom. The summed E-state index contributed by atoms with van der Waals surface area (Å²) in [6, 6.07) is 4.17. The molecule has 25 heavy (non-hydrogen) atoms. The van der Waals surface area contributed by atoms with Crippen molar-refractivity contribution in [2.24, 2.45) is 0 Å². The molecule has 8 heteroatoms. The van der Waals surface area contributed by atoms with E-state index in [0.717, 1.165) is 43.0 Å². The van der Waals surface area contributed by atoms with Crippen molar-refractivity contribution in [2.75, 3.05) is 37.7 Å². The van der Waals surface area contributed by atoms with Gasteiger partial charge in [-0.2, -0.15) is 0 Å². The molecule has 1 fully saturated rings. The Bertz CT molecular complexity index is 693. The number of thiazole rings is 1. The van der Waals surface area contributed by atoms with E-state index in [4.69, 9.17) is 16.3 Å². The van der Waals surface area contributed by atoms with Crippen LogP contribution < -0.4 is 4.90 Å². The predicted octanol–water partition coefficient (Wildman–Crippen LogP) is 2.84. The molecule has 1 aliphatic rings. The molecule has 0 N–H and O–H groups in total. The second-order valence-electron chi connectivity index (χ2n) is 5.81. The number of ether oxygens (including phenoxy) is 1. The SMILES string of the molecule is O=CC(COCc1cncs1)N1CCN(c2ccc(F)cc2Cl)CC1. The average molecular weight is 384 g/mol. The van der Waals surface area contributed by atoms with Crippen LogP contribution in [0.3, 0.4) is 0 Å². The largest absolute Gasteiger partial charge is 0.374 e. The number of aldehydes is 1. The molecule has 0 spiro atoms. The highest BCUT2D eigenvalue weighted by atomic mass is 35.5. The van der Waals surface area contributed by atoms with Gasteiger partial charge in [-0.1, -0.05) is 11.6 Å². The number of piperazine rings is 1. The Kier molecular flexibility index (Phi) is 6.36. The lowest BCUT2D eigenvalue weighted by Gasteiger charge is -2.38. The number of rotatable bonds is 7. The van der Waals surface area contributed by atoms with E-state index >= 15 is 0 Å². The molecule has 2 aromatic rings. The molecule has 2 heterocycles. The first-order valence-corrected chi connectivity index (χ1v) is 9.27. The average Bonchev–Trinajstić information content (AvgIpc) is 3.13. The van der Waals surface area contributed by atoms with Gasteiger partial charge in [0.25, 0.3) is 0 Å². The lowest BCUT2D eigenvalue weighted by molar-refractivity contribution is -0.115. The summed E-state index contributed by atoms with van der Waals surface area (Å²) < 4.78 is 18.8. The number of carbonyl (C=O) groups excluding carboxylic acids is 1. The molecule has 0 bridgehead atoms. The zero-order chi connectivity index (χ0) is 17.6. The smallest absolute Gasteiger partial charge is 0.139 e. The molecule has 0 amide bonds. The lowest BCUT2D eigenvalue weighted by Crippen LogP contribution is -2.52. The fourth-order valence-electron chi connectivity index (χ4n) is 2.86. The fourth-order valence-corrected chi connectivity index (χ4v) is 3.67. The van der Waals surface area contributed by atoms with E-state index in [1.807, 2.05) is 0 Å². The highest BCUT2D eigenvalue weighted by Gasteiger charge is 2.24. The van der Waals surface area contributed by atoms with Crippen LogP contribution >= 0.6 is 22.9 Å². The number of hydrogen-bond donors (Lipinski definition) is 0. The van der Waals surface area contributed by atoms with Crippen molar-refractivity contribution >= 4 is 34.9 Å². The summed E-state index contributed by atoms with van der Waals surface area (Å²) in [7, 11) is 0. The van der Waals surface area contributed by atoms with Crippen molar-refractivity contribution in [3.8, 4) is 0 Å². The zero-order valence-electron chi connectivity index (χ0n) is 13.6. The summed E-state index contributed by atoms with van der Waals surface area (Å²) in [4.78, 5) is 20.7. The number of anilines is 1. The van der Waals surface area contributed by atoms with Crippen LogP contribution in [0.1, 0.15) is 4.88 Å². The molecular formula is C17H19ClFN3O2S. The first kappa shape index (κ1) is 18.3. The third-order valence-electron chi connectivity index (χ3n) is 4.21. The van der Waals surface area contributed by atoms with Crippen LogP contribution in [0.2, 0.25) is 5.02 Å². The fraction of sp³-hybridized carbons (Fsp3) is 0.412. The number of benzene rings is 1. The van der Waals surface area contributed by atoms with Crippen molar-refractivity contribution in [3.63, 3.8) is 0 Å². The van der Waals surface area contributed by atoms with Gasteiger partial charge in [0, 0.05) is 32.4 Å². The second kappa shape index (κ2) is 8.71. The maximum absolute atomic E-state index is 13.2. The Morgan fingerprint density at radius 3 is 2.80 bits per heavy atom. The summed E-state index contributed by atoms with van der Waals surface area (Å²) in [6.45, 7) is 3.73. The Morgan fingerprint density at radius 1 is 1.36 bits per heavy atom. The topological polar surface area (TPSA) is 45.7 Å². The van der Waals surface area contributed by atoms with Crippen molar-refractivity contribution in [1.29, 1.82) is 0 Å².